The molecule has 1 unspecified atom stereocenters. The number of aliphatic hydroxyl groups excluding tert-OH is 1. The highest BCUT2D eigenvalue weighted by Crippen LogP contribution is 2.27. The molecule has 0 radical (unpaired) electrons. The number of nitrogens with one attached hydrogen (secondary N) is 2. The van der Waals surface area contributed by atoms with E-state index in [1.54, 1.807) is 25.1 Å². The second kappa shape index (κ2) is 10.4. The molecule has 0 bridgehead atoms. The summed E-state index contributed by atoms with van der Waals surface area (Å²) in [6, 6.07) is 14.2. The first-order valence-electron chi connectivity index (χ1n) is 11.0. The van der Waals surface area contributed by atoms with Crippen LogP contribution in [0.3, 0.4) is 0 Å². The van der Waals surface area contributed by atoms with E-state index in [1.165, 1.54) is 50.7 Å². The lowest BCUT2D eigenvalue weighted by Gasteiger charge is -2.25. The second-order valence-electron chi connectivity index (χ2n) is 8.53. The summed E-state index contributed by atoms with van der Waals surface area (Å²) in [6.07, 6.45) is 7.27. The molecule has 1 fully saturated rings. The summed E-state index contributed by atoms with van der Waals surface area (Å²) in [7, 11) is -3.70. The van der Waals surface area contributed by atoms with E-state index in [2.05, 4.69) is 17.0 Å². The van der Waals surface area contributed by atoms with E-state index < -0.39 is 16.1 Å². The molecule has 0 saturated heterocycles. The fourth-order valence-corrected chi connectivity index (χ4v) is 5.29. The molecule has 0 heterocycles. The van der Waals surface area contributed by atoms with Gasteiger partial charge in [0.15, 0.2) is 0 Å². The Morgan fingerprint density at radius 1 is 1.00 bits per heavy atom. The maximum absolute atomic E-state index is 12.8. The molecule has 6 heteroatoms. The quantitative estimate of drug-likeness (QED) is 0.524. The molecular weight excluding hydrogens is 396 g/mol. The molecular formula is C24H34N2O3S. The van der Waals surface area contributed by atoms with Gasteiger partial charge in [-0.1, -0.05) is 62.4 Å². The summed E-state index contributed by atoms with van der Waals surface area (Å²) in [4.78, 5) is 0.181. The number of rotatable bonds is 9. The van der Waals surface area contributed by atoms with E-state index in [-0.39, 0.29) is 4.90 Å². The summed E-state index contributed by atoms with van der Waals surface area (Å²) >= 11 is 0. The Morgan fingerprint density at radius 2 is 1.67 bits per heavy atom. The van der Waals surface area contributed by atoms with Gasteiger partial charge in [-0.15, -0.1) is 0 Å². The standard InChI is InChI=1S/C24H34N2O3S/c1-18(16-20-8-4-3-5-9-20)25-17-22-10-6-7-11-24(22)26-30(28,29)23-14-12-21(13-15-23)19(2)27/h6-7,10-15,18-20,25-27H,3-5,8-9,16-17H2,1-2H3/t18-,19?/m0/s1. The maximum atomic E-state index is 12.8. The Balaban J connectivity index is 1.64. The Labute approximate surface area is 181 Å². The van der Waals surface area contributed by atoms with Crippen molar-refractivity contribution in [1.82, 2.24) is 5.32 Å². The zero-order chi connectivity index (χ0) is 21.6. The van der Waals surface area contributed by atoms with Crippen LogP contribution in [0.4, 0.5) is 5.69 Å². The van der Waals surface area contributed by atoms with Crippen molar-refractivity contribution in [3.8, 4) is 0 Å². The summed E-state index contributed by atoms with van der Waals surface area (Å²) < 4.78 is 28.4. The Kier molecular flexibility index (Phi) is 7.92. The zero-order valence-electron chi connectivity index (χ0n) is 18.0. The van der Waals surface area contributed by atoms with Crippen LogP contribution in [0.1, 0.15) is 69.6 Å². The summed E-state index contributed by atoms with van der Waals surface area (Å²) in [5.74, 6) is 0.805. The SMILES string of the molecule is CC(O)c1ccc(S(=O)(=O)Nc2ccccc2CN[C@@H](C)CC2CCCCC2)cc1. The van der Waals surface area contributed by atoms with Crippen LogP contribution < -0.4 is 10.0 Å². The highest BCUT2D eigenvalue weighted by Gasteiger charge is 2.18. The molecule has 2 aromatic rings. The number of aliphatic hydroxyl groups is 1. The van der Waals surface area contributed by atoms with Crippen molar-refractivity contribution in [2.75, 3.05) is 4.72 Å². The average molecular weight is 431 g/mol. The van der Waals surface area contributed by atoms with Crippen molar-refractivity contribution in [1.29, 1.82) is 0 Å². The number of benzene rings is 2. The molecule has 0 amide bonds. The Hall–Kier alpha value is -1.89. The van der Waals surface area contributed by atoms with Gasteiger partial charge in [0, 0.05) is 12.6 Å². The smallest absolute Gasteiger partial charge is 0.261 e. The van der Waals surface area contributed by atoms with Crippen LogP contribution >= 0.6 is 0 Å². The van der Waals surface area contributed by atoms with Crippen LogP contribution in [0, 0.1) is 5.92 Å². The number of hydrogen-bond donors (Lipinski definition) is 3. The Morgan fingerprint density at radius 3 is 2.33 bits per heavy atom. The van der Waals surface area contributed by atoms with Crippen molar-refractivity contribution in [2.45, 2.75) is 76.0 Å². The maximum Gasteiger partial charge on any atom is 0.261 e. The van der Waals surface area contributed by atoms with E-state index in [4.69, 9.17) is 0 Å². The fourth-order valence-electron chi connectivity index (χ4n) is 4.19. The first-order chi connectivity index (χ1) is 14.3. The van der Waals surface area contributed by atoms with Gasteiger partial charge in [0.2, 0.25) is 0 Å². The molecule has 0 aromatic heterocycles. The molecule has 164 valence electrons. The van der Waals surface area contributed by atoms with E-state index in [1.807, 2.05) is 18.2 Å². The monoisotopic (exact) mass is 430 g/mol. The van der Waals surface area contributed by atoms with Crippen LogP contribution in [0.5, 0.6) is 0 Å². The van der Waals surface area contributed by atoms with E-state index in [0.717, 1.165) is 11.5 Å². The lowest BCUT2D eigenvalue weighted by atomic mass is 9.85. The summed E-state index contributed by atoms with van der Waals surface area (Å²) in [5.41, 5.74) is 2.21. The normalized spacial score (nSPS) is 17.4. The number of para-hydroxylation sites is 1. The molecule has 2 atom stereocenters. The molecule has 0 aliphatic heterocycles. The van der Waals surface area contributed by atoms with Crippen molar-refractivity contribution in [2.24, 2.45) is 5.92 Å². The number of sulfonamides is 1. The molecule has 3 N–H and O–H groups in total. The van der Waals surface area contributed by atoms with Gasteiger partial charge in [-0.3, -0.25) is 4.72 Å². The Bertz CT molecular complexity index is 904. The van der Waals surface area contributed by atoms with Crippen molar-refractivity contribution >= 4 is 15.7 Å². The van der Waals surface area contributed by atoms with Crippen LogP contribution in [0.15, 0.2) is 53.4 Å². The van der Waals surface area contributed by atoms with Crippen LogP contribution in [-0.4, -0.2) is 19.6 Å². The van der Waals surface area contributed by atoms with E-state index in [9.17, 15) is 13.5 Å². The minimum absolute atomic E-state index is 0.181. The van der Waals surface area contributed by atoms with E-state index >= 15 is 0 Å². The predicted molar refractivity (Wildman–Crippen MR) is 122 cm³/mol. The van der Waals surface area contributed by atoms with Gasteiger partial charge >= 0.3 is 0 Å². The first-order valence-corrected chi connectivity index (χ1v) is 12.5. The second-order valence-corrected chi connectivity index (χ2v) is 10.2. The predicted octanol–water partition coefficient (Wildman–Crippen LogP) is 4.99. The zero-order valence-corrected chi connectivity index (χ0v) is 18.8. The largest absolute Gasteiger partial charge is 0.389 e. The van der Waals surface area contributed by atoms with Crippen LogP contribution in [0.25, 0.3) is 0 Å². The van der Waals surface area contributed by atoms with Gasteiger partial charge in [0.1, 0.15) is 0 Å². The fraction of sp³-hybridized carbons (Fsp3) is 0.500. The third-order valence-electron chi connectivity index (χ3n) is 5.99. The van der Waals surface area contributed by atoms with Crippen LogP contribution in [0.2, 0.25) is 0 Å². The van der Waals surface area contributed by atoms with Crippen LogP contribution in [-0.2, 0) is 16.6 Å². The average Bonchev–Trinajstić information content (AvgIpc) is 2.73. The number of anilines is 1. The van der Waals surface area contributed by atoms with Gasteiger partial charge in [0.05, 0.1) is 16.7 Å². The third kappa shape index (κ3) is 6.30. The highest BCUT2D eigenvalue weighted by atomic mass is 32.2. The lowest BCUT2D eigenvalue weighted by molar-refractivity contribution is 0.199. The lowest BCUT2D eigenvalue weighted by Crippen LogP contribution is -2.29. The van der Waals surface area contributed by atoms with Crippen molar-refractivity contribution in [3.63, 3.8) is 0 Å². The van der Waals surface area contributed by atoms with Gasteiger partial charge < -0.3 is 10.4 Å². The summed E-state index contributed by atoms with van der Waals surface area (Å²) in [5, 5.41) is 13.2. The third-order valence-corrected chi connectivity index (χ3v) is 7.37. The molecule has 1 aliphatic rings. The first kappa shape index (κ1) is 22.8. The topological polar surface area (TPSA) is 78.4 Å². The van der Waals surface area contributed by atoms with Gasteiger partial charge in [0.25, 0.3) is 10.0 Å². The molecule has 5 nitrogen and oxygen atoms in total. The van der Waals surface area contributed by atoms with Crippen molar-refractivity contribution in [3.05, 3.63) is 59.7 Å². The molecule has 2 aromatic carbocycles. The molecule has 3 rings (SSSR count). The highest BCUT2D eigenvalue weighted by molar-refractivity contribution is 7.92. The van der Waals surface area contributed by atoms with Gasteiger partial charge in [-0.25, -0.2) is 8.42 Å². The molecule has 1 saturated carbocycles. The van der Waals surface area contributed by atoms with Gasteiger partial charge in [-0.05, 0) is 55.5 Å². The minimum Gasteiger partial charge on any atom is -0.389 e. The van der Waals surface area contributed by atoms with E-state index in [0.29, 0.717) is 23.8 Å². The molecule has 30 heavy (non-hydrogen) atoms. The molecule has 1 aliphatic carbocycles. The molecule has 0 spiro atoms. The number of hydrogen-bond acceptors (Lipinski definition) is 4. The van der Waals surface area contributed by atoms with Crippen molar-refractivity contribution < 1.29 is 13.5 Å². The minimum atomic E-state index is -3.70. The summed E-state index contributed by atoms with van der Waals surface area (Å²) in [6.45, 7) is 4.49. The van der Waals surface area contributed by atoms with Gasteiger partial charge in [-0.2, -0.15) is 0 Å².